The van der Waals surface area contributed by atoms with E-state index in [1.165, 1.54) is 0 Å². The molecule has 0 heterocycles. The van der Waals surface area contributed by atoms with E-state index in [1.54, 1.807) is 0 Å². The van der Waals surface area contributed by atoms with Crippen molar-refractivity contribution in [3.63, 3.8) is 0 Å². The first-order valence-electron chi connectivity index (χ1n) is 3.83. The molecule has 0 aromatic rings. The first kappa shape index (κ1) is 70.2. The third-order valence-corrected chi connectivity index (χ3v) is 0. The molecule has 0 unspecified atom stereocenters. The molecule has 0 rings (SSSR count). The Morgan fingerprint density at radius 3 is 0.346 bits per heavy atom. The number of hydrogen-bond acceptors (Lipinski definition) is 15. The van der Waals surface area contributed by atoms with Crippen LogP contribution in [0.5, 0.6) is 0 Å². The molecule has 0 aliphatic rings. The summed E-state index contributed by atoms with van der Waals surface area (Å²) in [5.74, 6) is 0. The van der Waals surface area contributed by atoms with Crippen LogP contribution < -0.4 is 113 Å². The summed E-state index contributed by atoms with van der Waals surface area (Å²) in [5.41, 5.74) is 0. The zero-order chi connectivity index (χ0) is 17.9. The van der Waals surface area contributed by atoms with E-state index in [0.29, 0.717) is 0 Å². The Hall–Kier alpha value is 2.84. The zero-order valence-electron chi connectivity index (χ0n) is 13.5. The number of hydrogen-bond donors (Lipinski definition) is 13. The maximum atomic E-state index is 8.53. The fourth-order valence-electron chi connectivity index (χ4n) is 0. The van der Waals surface area contributed by atoms with Gasteiger partial charge in [0.2, 0.25) is 0 Å². The van der Waals surface area contributed by atoms with Gasteiger partial charge < -0.3 is 97.3 Å². The molecule has 0 aliphatic carbocycles. The normalized spacial score (nSPS) is 5.19. The first-order chi connectivity index (χ1) is 8.66. The van der Waals surface area contributed by atoms with Crippen molar-refractivity contribution < 1.29 is 200 Å². The van der Waals surface area contributed by atoms with E-state index in [4.69, 9.17) is 75.4 Å². The third-order valence-electron chi connectivity index (χ3n) is 0. The van der Waals surface area contributed by atoms with Crippen LogP contribution in [-0.4, -0.2) is 124 Å². The summed E-state index contributed by atoms with van der Waals surface area (Å²) in [4.78, 5) is 0. The van der Waals surface area contributed by atoms with Crippen molar-refractivity contribution >= 4 is 36.6 Å². The standard InChI is InChI=1S/4BH3O3.BHO3.2K.4H2O/c5*2-1(3)4;;;;;;/h4*2-4H;2H;;;4*1H2/q;;;;-2;2*+1;;;;. The van der Waals surface area contributed by atoms with E-state index in [2.05, 4.69) is 0 Å². The molecule has 0 aromatic heterocycles. The van der Waals surface area contributed by atoms with Gasteiger partial charge in [0.05, 0.1) is 7.32 Å². The van der Waals surface area contributed by atoms with E-state index in [-0.39, 0.29) is 125 Å². The summed E-state index contributed by atoms with van der Waals surface area (Å²) in [6.07, 6.45) is 0. The zero-order valence-corrected chi connectivity index (χ0v) is 19.8. The summed E-state index contributed by atoms with van der Waals surface area (Å²) in [5, 5.41) is 110. The van der Waals surface area contributed by atoms with Crippen LogP contribution in [0.4, 0.5) is 0 Å². The quantitative estimate of drug-likeness (QED) is 0.150. The van der Waals surface area contributed by atoms with E-state index in [9.17, 15) is 0 Å². The van der Waals surface area contributed by atoms with Crippen molar-refractivity contribution in [1.82, 2.24) is 0 Å². The van der Waals surface area contributed by atoms with Gasteiger partial charge in [0.15, 0.2) is 0 Å². The summed E-state index contributed by atoms with van der Waals surface area (Å²) < 4.78 is 0. The Morgan fingerprint density at radius 1 is 0.346 bits per heavy atom. The minimum Gasteiger partial charge on any atom is -0.871 e. The van der Waals surface area contributed by atoms with Crippen molar-refractivity contribution in [2.45, 2.75) is 0 Å². The third kappa shape index (κ3) is 2230. The molecule has 26 heavy (non-hydrogen) atoms. The molecule has 21 N–H and O–H groups in total. The van der Waals surface area contributed by atoms with Crippen LogP contribution in [0, 0.1) is 0 Å². The summed E-state index contributed by atoms with van der Waals surface area (Å²) in [6, 6.07) is 0. The van der Waals surface area contributed by atoms with Crippen molar-refractivity contribution in [2.75, 3.05) is 0 Å². The Labute approximate surface area is 233 Å². The summed E-state index contributed by atoms with van der Waals surface area (Å²) >= 11 is 0. The largest absolute Gasteiger partial charge is 1.00 e. The average molecular weight is 457 g/mol. The van der Waals surface area contributed by atoms with Gasteiger partial charge in [-0.05, 0) is 0 Å². The van der Waals surface area contributed by atoms with E-state index in [0.717, 1.165) is 0 Å². The Balaban J connectivity index is -0.0000000114. The molecule has 152 valence electrons. The molecule has 0 amide bonds. The van der Waals surface area contributed by atoms with Crippen LogP contribution in [0.15, 0.2) is 0 Å². The molecule has 0 spiro atoms. The van der Waals surface area contributed by atoms with Gasteiger partial charge in [-0.15, -0.1) is 0 Å². The number of rotatable bonds is 0. The predicted molar refractivity (Wildman–Crippen MR) is 72.1 cm³/mol. The molecule has 0 saturated carbocycles. The van der Waals surface area contributed by atoms with Crippen molar-refractivity contribution in [3.05, 3.63) is 0 Å². The molecule has 0 aromatic carbocycles. The molecule has 0 saturated heterocycles. The topological polar surface area (TPSA) is 435 Å². The van der Waals surface area contributed by atoms with Crippen molar-refractivity contribution in [2.24, 2.45) is 0 Å². The molecule has 19 nitrogen and oxygen atoms in total. The second kappa shape index (κ2) is 63.0. The molecular weight excluding hydrogens is 436 g/mol. The van der Waals surface area contributed by atoms with Gasteiger partial charge >= 0.3 is 132 Å². The Bertz CT molecular complexity index is 86.5. The van der Waals surface area contributed by atoms with E-state index in [1.807, 2.05) is 0 Å². The van der Waals surface area contributed by atoms with Crippen LogP contribution in [-0.2, 0) is 0 Å². The summed E-state index contributed by atoms with van der Waals surface area (Å²) in [7, 11) is -11.3. The molecule has 0 radical (unpaired) electrons. The van der Waals surface area contributed by atoms with Gasteiger partial charge in [-0.2, -0.15) is 0 Å². The van der Waals surface area contributed by atoms with Gasteiger partial charge in [0, 0.05) is 0 Å². The smallest absolute Gasteiger partial charge is 0.871 e. The molecule has 0 aliphatic heterocycles. The minimum atomic E-state index is -2.67. The van der Waals surface area contributed by atoms with Gasteiger partial charge in [0.25, 0.3) is 0 Å². The summed E-state index contributed by atoms with van der Waals surface area (Å²) in [6.45, 7) is 0. The maximum Gasteiger partial charge on any atom is 1.00 e. The van der Waals surface area contributed by atoms with Crippen molar-refractivity contribution in [3.8, 4) is 0 Å². The van der Waals surface area contributed by atoms with Gasteiger partial charge in [-0.25, -0.2) is 0 Å². The van der Waals surface area contributed by atoms with Crippen LogP contribution >= 0.6 is 0 Å². The van der Waals surface area contributed by atoms with Crippen LogP contribution in [0.1, 0.15) is 0 Å². The molecule has 0 atom stereocenters. The second-order valence-corrected chi connectivity index (χ2v) is 1.69. The SMILES string of the molecule is O.O.O.O.OB(O)O.OB(O)O.OB(O)O.OB(O)O.[K+].[K+].[O-]B([O-])O. The first-order valence-corrected chi connectivity index (χ1v) is 3.83. The Kier molecular flexibility index (Phi) is 170. The molecule has 26 heteroatoms. The van der Waals surface area contributed by atoms with Crippen molar-refractivity contribution in [1.29, 1.82) is 0 Å². The maximum absolute atomic E-state index is 8.53. The molecular formula is H21B5K2O19. The van der Waals surface area contributed by atoms with Crippen LogP contribution in [0.3, 0.4) is 0 Å². The molecule has 0 fully saturated rings. The fourth-order valence-corrected chi connectivity index (χ4v) is 0. The van der Waals surface area contributed by atoms with Gasteiger partial charge in [-0.3, -0.25) is 0 Å². The van der Waals surface area contributed by atoms with Gasteiger partial charge in [0.1, 0.15) is 0 Å². The predicted octanol–water partition coefficient (Wildman–Crippen LogP) is -20.8. The van der Waals surface area contributed by atoms with E-state index >= 15 is 0 Å². The molecule has 0 bridgehead atoms. The average Bonchev–Trinajstić information content (AvgIpc) is 1.94. The monoisotopic (exact) mass is 458 g/mol. The Morgan fingerprint density at radius 2 is 0.346 bits per heavy atom. The minimum absolute atomic E-state index is 0. The van der Waals surface area contributed by atoms with Gasteiger partial charge in [-0.1, -0.05) is 0 Å². The van der Waals surface area contributed by atoms with Crippen LogP contribution in [0.25, 0.3) is 0 Å². The van der Waals surface area contributed by atoms with E-state index < -0.39 is 36.6 Å². The second-order valence-electron chi connectivity index (χ2n) is 1.69. The fraction of sp³-hybridized carbons (Fsp3) is 0. The van der Waals surface area contributed by atoms with Crippen LogP contribution in [0.2, 0.25) is 0 Å².